The molecule has 0 spiro atoms. The van der Waals surface area contributed by atoms with Crippen molar-refractivity contribution in [2.24, 2.45) is 0 Å². The smallest absolute Gasteiger partial charge is 0.0623 e. The molecule has 0 aliphatic carbocycles. The molecule has 0 aromatic heterocycles. The summed E-state index contributed by atoms with van der Waals surface area (Å²) >= 11 is 0. The summed E-state index contributed by atoms with van der Waals surface area (Å²) in [7, 11) is 0. The van der Waals surface area contributed by atoms with E-state index in [9.17, 15) is 0 Å². The van der Waals surface area contributed by atoms with Crippen LogP contribution in [-0.4, -0.2) is 13.4 Å². The Kier molecular flexibility index (Phi) is 7.71. The van der Waals surface area contributed by atoms with Crippen LogP contribution in [0, 0.1) is 55.4 Å². The average Bonchev–Trinajstić information content (AvgIpc) is 3.63. The van der Waals surface area contributed by atoms with Crippen LogP contribution < -0.4 is 32.8 Å². The summed E-state index contributed by atoms with van der Waals surface area (Å²) in [4.78, 5) is 0. The van der Waals surface area contributed by atoms with Crippen LogP contribution in [0.2, 0.25) is 0 Å². The second kappa shape index (κ2) is 12.2. The summed E-state index contributed by atoms with van der Waals surface area (Å²) in [5, 5.41) is 8.54. The van der Waals surface area contributed by atoms with Gasteiger partial charge in [0, 0.05) is 0 Å². The van der Waals surface area contributed by atoms with Crippen LogP contribution in [0.4, 0.5) is 0 Å². The Morgan fingerprint density at radius 3 is 0.875 bits per heavy atom. The lowest BCUT2D eigenvalue weighted by Gasteiger charge is -2.26. The van der Waals surface area contributed by atoms with Crippen molar-refractivity contribution in [3.8, 4) is 22.3 Å². The number of aryl methyl sites for hydroxylation is 8. The molecule has 0 saturated heterocycles. The van der Waals surface area contributed by atoms with Crippen LogP contribution in [0.15, 0.2) is 84.9 Å². The Morgan fingerprint density at radius 1 is 0.339 bits per heavy atom. The molecule has 10 rings (SSSR count). The molecule has 0 saturated carbocycles. The Bertz CT molecular complexity index is 2690. The highest BCUT2D eigenvalue weighted by molar-refractivity contribution is 7.02. The minimum atomic E-state index is 0.178. The highest BCUT2D eigenvalue weighted by Gasteiger charge is 2.40. The van der Waals surface area contributed by atoms with Gasteiger partial charge in [-0.15, -0.1) is 0 Å². The largest absolute Gasteiger partial charge is 0.244 e. The van der Waals surface area contributed by atoms with Crippen LogP contribution in [0.3, 0.4) is 0 Å². The number of benzene rings is 8. The molecule has 2 heteroatoms. The van der Waals surface area contributed by atoms with E-state index in [2.05, 4.69) is 168 Å². The number of hydrogen-bond donors (Lipinski definition) is 0. The molecule has 2 aliphatic heterocycles. The van der Waals surface area contributed by atoms with Crippen LogP contribution in [0.5, 0.6) is 0 Å². The number of hydrogen-bond acceptors (Lipinski definition) is 0. The Hall–Kier alpha value is -5.07. The third-order valence-corrected chi connectivity index (χ3v) is 13.8. The summed E-state index contributed by atoms with van der Waals surface area (Å²) in [5.74, 6) is 0.762. The molecule has 274 valence electrons. The lowest BCUT2D eigenvalue weighted by Crippen LogP contribution is -2.51. The van der Waals surface area contributed by atoms with Gasteiger partial charge in [0.25, 0.3) is 0 Å². The number of rotatable bonds is 4. The normalized spacial score (nSPS) is 13.2. The van der Waals surface area contributed by atoms with Gasteiger partial charge in [0.15, 0.2) is 0 Å². The van der Waals surface area contributed by atoms with Crippen molar-refractivity contribution in [1.82, 2.24) is 0 Å². The van der Waals surface area contributed by atoms with Gasteiger partial charge in [-0.2, -0.15) is 0 Å². The van der Waals surface area contributed by atoms with Gasteiger partial charge in [-0.05, 0) is 133 Å². The van der Waals surface area contributed by atoms with Crippen molar-refractivity contribution in [3.05, 3.63) is 141 Å². The molecule has 0 radical (unpaired) electrons. The van der Waals surface area contributed by atoms with E-state index in [0.717, 1.165) is 0 Å². The highest BCUT2D eigenvalue weighted by Crippen LogP contribution is 2.41. The van der Waals surface area contributed by atoms with E-state index in [1.807, 2.05) is 0 Å². The first kappa shape index (κ1) is 35.4. The molecule has 0 unspecified atom stereocenters. The van der Waals surface area contributed by atoms with Gasteiger partial charge in [-0.1, -0.05) is 190 Å². The Morgan fingerprint density at radius 2 is 0.607 bits per heavy atom. The first-order valence-corrected chi connectivity index (χ1v) is 21.0. The van der Waals surface area contributed by atoms with Gasteiger partial charge >= 0.3 is 0 Å². The molecule has 8 aromatic carbocycles. The second-order valence-electron chi connectivity index (χ2n) is 18.5. The molecule has 8 aromatic rings. The molecule has 2 aliphatic rings. The van der Waals surface area contributed by atoms with Gasteiger partial charge in [-0.25, -0.2) is 0 Å². The standard InChI is InChI=1S/C54H52B2/c1-27(2)41-25-47(55-51-33(9)17-29(5)21-43(51)44-22-30(6)18-34(10)52(44)55)39-15-16-40-48(26-42(28(3)4)38-14-13-37(41)49(39)50(38)40)56-53-35(11)19-31(7)23-45(53)46-24-32(8)20-36(12)54(46)56/h13-28H,1-12H3. The van der Waals surface area contributed by atoms with Crippen LogP contribution in [0.1, 0.15) is 95.2 Å². The van der Waals surface area contributed by atoms with Crippen molar-refractivity contribution in [1.29, 1.82) is 0 Å². The van der Waals surface area contributed by atoms with E-state index < -0.39 is 0 Å². The molecule has 0 fully saturated rings. The third-order valence-electron chi connectivity index (χ3n) is 13.8. The summed E-state index contributed by atoms with van der Waals surface area (Å²) in [6, 6.07) is 34.6. The predicted octanol–water partition coefficient (Wildman–Crippen LogP) is 10.3. The summed E-state index contributed by atoms with van der Waals surface area (Å²) < 4.78 is 0. The monoisotopic (exact) mass is 722 g/mol. The zero-order valence-corrected chi connectivity index (χ0v) is 35.4. The van der Waals surface area contributed by atoms with E-state index in [4.69, 9.17) is 0 Å². The minimum Gasteiger partial charge on any atom is -0.0623 e. The zero-order valence-electron chi connectivity index (χ0n) is 35.4. The zero-order chi connectivity index (χ0) is 39.2. The van der Waals surface area contributed by atoms with E-state index in [0.29, 0.717) is 11.8 Å². The second-order valence-corrected chi connectivity index (χ2v) is 18.5. The van der Waals surface area contributed by atoms with Crippen molar-refractivity contribution < 1.29 is 0 Å². The van der Waals surface area contributed by atoms with Crippen molar-refractivity contribution in [3.63, 3.8) is 0 Å². The molecule has 0 atom stereocenters. The van der Waals surface area contributed by atoms with Gasteiger partial charge in [0.1, 0.15) is 0 Å². The fourth-order valence-electron chi connectivity index (χ4n) is 11.8. The SMILES string of the molecule is Cc1cc(C)c2c(c1)-c1cc(C)cc(C)c1B2c1cc(C(C)C)c2ccc3c(C(C)C)cc(B4c5c(C)cc(C)cc5-c5cc(C)cc(C)c54)c4ccc1c2c43. The first-order chi connectivity index (χ1) is 26.7. The van der Waals surface area contributed by atoms with Gasteiger partial charge in [-0.3, -0.25) is 0 Å². The average molecular weight is 723 g/mol. The molecule has 0 amide bonds. The van der Waals surface area contributed by atoms with Crippen LogP contribution >= 0.6 is 0 Å². The van der Waals surface area contributed by atoms with Gasteiger partial charge < -0.3 is 0 Å². The fourth-order valence-corrected chi connectivity index (χ4v) is 11.8. The maximum absolute atomic E-state index is 2.61. The van der Waals surface area contributed by atoms with E-state index in [1.165, 1.54) is 143 Å². The maximum Gasteiger partial charge on any atom is 0.244 e. The summed E-state index contributed by atoms with van der Waals surface area (Å²) in [6.07, 6.45) is 0. The minimum absolute atomic E-state index is 0.178. The topological polar surface area (TPSA) is 0 Å². The highest BCUT2D eigenvalue weighted by atomic mass is 14.3. The molecular weight excluding hydrogens is 670 g/mol. The molecule has 0 nitrogen and oxygen atoms in total. The summed E-state index contributed by atoms with van der Waals surface area (Å²) in [5.41, 5.74) is 28.4. The summed E-state index contributed by atoms with van der Waals surface area (Å²) in [6.45, 7) is 28.3. The maximum atomic E-state index is 2.61. The molecule has 0 N–H and O–H groups in total. The van der Waals surface area contributed by atoms with Crippen molar-refractivity contribution in [2.45, 2.75) is 94.9 Å². The Balaban J connectivity index is 1.36. The predicted molar refractivity (Wildman–Crippen MR) is 249 cm³/mol. The van der Waals surface area contributed by atoms with E-state index >= 15 is 0 Å². The van der Waals surface area contributed by atoms with Gasteiger partial charge in [0.2, 0.25) is 13.4 Å². The first-order valence-electron chi connectivity index (χ1n) is 21.0. The fraction of sp³-hybridized carbons (Fsp3) is 0.259. The molecule has 2 heterocycles. The third kappa shape index (κ3) is 4.81. The van der Waals surface area contributed by atoms with E-state index in [-0.39, 0.29) is 13.4 Å². The van der Waals surface area contributed by atoms with Crippen molar-refractivity contribution in [2.75, 3.05) is 0 Å². The molecule has 56 heavy (non-hydrogen) atoms. The lowest BCUT2D eigenvalue weighted by atomic mass is 9.36. The van der Waals surface area contributed by atoms with Gasteiger partial charge in [0.05, 0.1) is 0 Å². The quantitative estimate of drug-likeness (QED) is 0.125. The molecule has 0 bridgehead atoms. The van der Waals surface area contributed by atoms with Crippen molar-refractivity contribution >= 4 is 78.5 Å². The Labute approximate surface area is 334 Å². The van der Waals surface area contributed by atoms with Crippen LogP contribution in [-0.2, 0) is 0 Å². The van der Waals surface area contributed by atoms with Crippen LogP contribution in [0.25, 0.3) is 54.6 Å². The van der Waals surface area contributed by atoms with E-state index in [1.54, 1.807) is 0 Å². The lowest BCUT2D eigenvalue weighted by molar-refractivity contribution is 0.876. The number of fused-ring (bicyclic) bond motifs is 6. The molecular formula is C54H52B2.